The fourth-order valence-corrected chi connectivity index (χ4v) is 2.40. The number of benzene rings is 1. The lowest BCUT2D eigenvalue weighted by molar-refractivity contribution is -0.116. The summed E-state index contributed by atoms with van der Waals surface area (Å²) in [5.74, 6) is -1.27. The number of ether oxygens (including phenoxy) is 1. The Balaban J connectivity index is 1.83. The van der Waals surface area contributed by atoms with Crippen LogP contribution in [0.2, 0.25) is 0 Å². The summed E-state index contributed by atoms with van der Waals surface area (Å²) in [5.41, 5.74) is 1.81. The number of rotatable bonds is 5. The van der Waals surface area contributed by atoms with E-state index in [0.29, 0.717) is 16.8 Å². The van der Waals surface area contributed by atoms with Crippen LogP contribution in [0.25, 0.3) is 11.1 Å². The van der Waals surface area contributed by atoms with Crippen LogP contribution in [-0.2, 0) is 16.1 Å². The summed E-state index contributed by atoms with van der Waals surface area (Å²) >= 11 is 0. The Hall–Kier alpha value is -3.09. The molecule has 0 radical (unpaired) electrons. The second kappa shape index (κ2) is 6.57. The van der Waals surface area contributed by atoms with Gasteiger partial charge in [-0.3, -0.25) is 4.79 Å². The molecule has 0 spiro atoms. The molecule has 3 rings (SSSR count). The minimum atomic E-state index is -0.529. The molecule has 3 aromatic rings. The van der Waals surface area contributed by atoms with Crippen molar-refractivity contribution >= 4 is 28.7 Å². The second-order valence-corrected chi connectivity index (χ2v) is 5.06. The number of amides is 1. The SMILES string of the molecule is CCOC(=O)c1cc2occc2n1CC(=O)Nc1ccc(F)cc1. The van der Waals surface area contributed by atoms with E-state index in [4.69, 9.17) is 9.15 Å². The van der Waals surface area contributed by atoms with Crippen molar-refractivity contribution in [3.05, 3.63) is 54.2 Å². The van der Waals surface area contributed by atoms with Gasteiger partial charge >= 0.3 is 5.97 Å². The first kappa shape index (κ1) is 15.8. The predicted octanol–water partition coefficient (Wildman–Crippen LogP) is 3.19. The smallest absolute Gasteiger partial charge is 0.355 e. The van der Waals surface area contributed by atoms with Gasteiger partial charge in [0.15, 0.2) is 5.58 Å². The molecule has 0 fully saturated rings. The molecule has 0 aliphatic rings. The Labute approximate surface area is 136 Å². The highest BCUT2D eigenvalue weighted by Crippen LogP contribution is 2.22. The molecule has 0 bridgehead atoms. The molecule has 2 aromatic heterocycles. The summed E-state index contributed by atoms with van der Waals surface area (Å²) in [6.45, 7) is 1.83. The molecule has 24 heavy (non-hydrogen) atoms. The number of fused-ring (bicyclic) bond motifs is 1. The van der Waals surface area contributed by atoms with E-state index < -0.39 is 5.97 Å². The van der Waals surface area contributed by atoms with Gasteiger partial charge in [0, 0.05) is 17.8 Å². The van der Waals surface area contributed by atoms with Crippen molar-refractivity contribution in [1.29, 1.82) is 0 Å². The number of carbonyl (C=O) groups is 2. The quantitative estimate of drug-likeness (QED) is 0.729. The molecule has 0 atom stereocenters. The lowest BCUT2D eigenvalue weighted by atomic mass is 10.3. The van der Waals surface area contributed by atoms with E-state index in [1.807, 2.05) is 0 Å². The summed E-state index contributed by atoms with van der Waals surface area (Å²) < 4.78 is 24.7. The zero-order chi connectivity index (χ0) is 17.1. The van der Waals surface area contributed by atoms with E-state index >= 15 is 0 Å². The second-order valence-electron chi connectivity index (χ2n) is 5.06. The first-order valence-electron chi connectivity index (χ1n) is 7.37. The normalized spacial score (nSPS) is 10.8. The number of hydrogen-bond donors (Lipinski definition) is 1. The van der Waals surface area contributed by atoms with Crippen LogP contribution in [-0.4, -0.2) is 23.1 Å². The standard InChI is InChI=1S/C17H15FN2O4/c1-2-23-17(22)14-9-15-13(7-8-24-15)20(14)10-16(21)19-12-5-3-11(18)4-6-12/h3-9H,2,10H2,1H3,(H,19,21). The maximum atomic E-state index is 12.9. The van der Waals surface area contributed by atoms with Crippen molar-refractivity contribution in [2.75, 3.05) is 11.9 Å². The summed E-state index contributed by atoms with van der Waals surface area (Å²) in [6.07, 6.45) is 1.48. The van der Waals surface area contributed by atoms with Crippen molar-refractivity contribution in [3.8, 4) is 0 Å². The van der Waals surface area contributed by atoms with Gasteiger partial charge < -0.3 is 19.0 Å². The van der Waals surface area contributed by atoms with Gasteiger partial charge in [0.05, 0.1) is 18.4 Å². The van der Waals surface area contributed by atoms with Crippen LogP contribution in [0.4, 0.5) is 10.1 Å². The molecule has 1 amide bonds. The van der Waals surface area contributed by atoms with Crippen molar-refractivity contribution < 1.29 is 23.1 Å². The summed E-state index contributed by atoms with van der Waals surface area (Å²) in [5, 5.41) is 2.65. The average Bonchev–Trinajstić information content (AvgIpc) is 3.12. The van der Waals surface area contributed by atoms with Crippen molar-refractivity contribution in [3.63, 3.8) is 0 Å². The lowest BCUT2D eigenvalue weighted by Crippen LogP contribution is -2.22. The maximum Gasteiger partial charge on any atom is 0.355 e. The van der Waals surface area contributed by atoms with Gasteiger partial charge in [-0.15, -0.1) is 0 Å². The zero-order valence-corrected chi connectivity index (χ0v) is 12.9. The zero-order valence-electron chi connectivity index (χ0n) is 12.9. The van der Waals surface area contributed by atoms with Crippen LogP contribution in [0, 0.1) is 5.82 Å². The Bertz CT molecular complexity index is 880. The molecule has 6 nitrogen and oxygen atoms in total. The fraction of sp³-hybridized carbons (Fsp3) is 0.176. The highest BCUT2D eigenvalue weighted by Gasteiger charge is 2.20. The van der Waals surface area contributed by atoms with E-state index in [2.05, 4.69) is 5.32 Å². The first-order chi connectivity index (χ1) is 11.6. The molecule has 124 valence electrons. The molecule has 0 saturated carbocycles. The van der Waals surface area contributed by atoms with Crippen LogP contribution < -0.4 is 5.32 Å². The summed E-state index contributed by atoms with van der Waals surface area (Å²) in [6, 6.07) is 8.64. The number of carbonyl (C=O) groups excluding carboxylic acids is 2. The molecule has 0 unspecified atom stereocenters. The van der Waals surface area contributed by atoms with Crippen molar-refractivity contribution in [2.45, 2.75) is 13.5 Å². The number of furan rings is 1. The molecular weight excluding hydrogens is 315 g/mol. The molecule has 1 N–H and O–H groups in total. The van der Waals surface area contributed by atoms with Gasteiger partial charge in [-0.05, 0) is 31.2 Å². The van der Waals surface area contributed by atoms with Crippen LogP contribution in [0.15, 0.2) is 47.1 Å². The van der Waals surface area contributed by atoms with E-state index in [1.54, 1.807) is 19.1 Å². The van der Waals surface area contributed by atoms with Gasteiger partial charge in [0.1, 0.15) is 18.1 Å². The van der Waals surface area contributed by atoms with Gasteiger partial charge in [-0.2, -0.15) is 0 Å². The van der Waals surface area contributed by atoms with E-state index in [1.165, 1.54) is 35.1 Å². The van der Waals surface area contributed by atoms with E-state index in [-0.39, 0.29) is 30.6 Å². The van der Waals surface area contributed by atoms with Gasteiger partial charge in [0.2, 0.25) is 5.91 Å². The highest BCUT2D eigenvalue weighted by molar-refractivity contribution is 5.97. The topological polar surface area (TPSA) is 73.5 Å². The van der Waals surface area contributed by atoms with Gasteiger partial charge in [-0.1, -0.05) is 0 Å². The van der Waals surface area contributed by atoms with Gasteiger partial charge in [-0.25, -0.2) is 9.18 Å². The number of halogens is 1. The van der Waals surface area contributed by atoms with Crippen LogP contribution in [0.5, 0.6) is 0 Å². The fourth-order valence-electron chi connectivity index (χ4n) is 2.40. The van der Waals surface area contributed by atoms with Crippen molar-refractivity contribution in [1.82, 2.24) is 4.57 Å². The van der Waals surface area contributed by atoms with Crippen molar-refractivity contribution in [2.24, 2.45) is 0 Å². The summed E-state index contributed by atoms with van der Waals surface area (Å²) in [4.78, 5) is 24.3. The minimum Gasteiger partial charge on any atom is -0.463 e. The van der Waals surface area contributed by atoms with Crippen LogP contribution in [0.1, 0.15) is 17.4 Å². The summed E-state index contributed by atoms with van der Waals surface area (Å²) in [7, 11) is 0. The Morgan fingerprint density at radius 2 is 2.00 bits per heavy atom. The Kier molecular flexibility index (Phi) is 4.33. The monoisotopic (exact) mass is 330 g/mol. The van der Waals surface area contributed by atoms with E-state index in [9.17, 15) is 14.0 Å². The molecule has 7 heteroatoms. The number of nitrogens with zero attached hydrogens (tertiary/aromatic N) is 1. The predicted molar refractivity (Wildman–Crippen MR) is 85.2 cm³/mol. The number of anilines is 1. The number of nitrogens with one attached hydrogen (secondary N) is 1. The third kappa shape index (κ3) is 3.15. The molecule has 0 aliphatic carbocycles. The Morgan fingerprint density at radius 3 is 2.71 bits per heavy atom. The minimum absolute atomic E-state index is 0.103. The highest BCUT2D eigenvalue weighted by atomic mass is 19.1. The van der Waals surface area contributed by atoms with Crippen LogP contribution >= 0.6 is 0 Å². The maximum absolute atomic E-state index is 12.9. The molecule has 1 aromatic carbocycles. The van der Waals surface area contributed by atoms with E-state index in [0.717, 1.165) is 0 Å². The number of esters is 1. The first-order valence-corrected chi connectivity index (χ1v) is 7.37. The van der Waals surface area contributed by atoms with Crippen LogP contribution in [0.3, 0.4) is 0 Å². The third-order valence-electron chi connectivity index (χ3n) is 3.44. The molecule has 0 saturated heterocycles. The largest absolute Gasteiger partial charge is 0.463 e. The van der Waals surface area contributed by atoms with Gasteiger partial charge in [0.25, 0.3) is 0 Å². The Morgan fingerprint density at radius 1 is 1.25 bits per heavy atom. The number of aromatic nitrogens is 1. The molecule has 2 heterocycles. The lowest BCUT2D eigenvalue weighted by Gasteiger charge is -2.10. The molecular formula is C17H15FN2O4. The molecule has 0 aliphatic heterocycles. The number of hydrogen-bond acceptors (Lipinski definition) is 4. The third-order valence-corrected chi connectivity index (χ3v) is 3.44. The average molecular weight is 330 g/mol.